The lowest BCUT2D eigenvalue weighted by Gasteiger charge is -2.34. The molecule has 2 rings (SSSR count). The first-order valence-corrected chi connectivity index (χ1v) is 8.26. The number of rotatable bonds is 4. The quantitative estimate of drug-likeness (QED) is 0.908. The van der Waals surface area contributed by atoms with Crippen LogP contribution in [0.25, 0.3) is 0 Å². The van der Waals surface area contributed by atoms with Crippen molar-refractivity contribution in [2.45, 2.75) is 36.3 Å². The summed E-state index contributed by atoms with van der Waals surface area (Å²) in [6, 6.07) is 0.252. The molecule has 5 heteroatoms. The fourth-order valence-electron chi connectivity index (χ4n) is 2.30. The number of nitrogens with two attached hydrogens (primary N) is 1. The molecule has 0 bridgehead atoms. The zero-order valence-electron chi connectivity index (χ0n) is 10.5. The van der Waals surface area contributed by atoms with Gasteiger partial charge in [-0.3, -0.25) is 4.68 Å². The van der Waals surface area contributed by atoms with Crippen molar-refractivity contribution in [3.63, 3.8) is 0 Å². The number of hydrogen-bond donors (Lipinski definition) is 1. The molecule has 3 nitrogen and oxygen atoms in total. The molecule has 3 unspecified atom stereocenters. The van der Waals surface area contributed by atoms with E-state index >= 15 is 0 Å². The third-order valence-electron chi connectivity index (χ3n) is 3.15. The number of hydrogen-bond acceptors (Lipinski definition) is 4. The molecule has 0 radical (unpaired) electrons. The highest BCUT2D eigenvalue weighted by Crippen LogP contribution is 2.35. The number of nitrogens with zero attached hydrogens (tertiary/aromatic N) is 2. The Morgan fingerprint density at radius 2 is 2.29 bits per heavy atom. The number of aryl methyl sites for hydroxylation is 1. The molecule has 96 valence electrons. The monoisotopic (exact) mass is 271 g/mol. The van der Waals surface area contributed by atoms with Crippen molar-refractivity contribution in [1.29, 1.82) is 0 Å². The highest BCUT2D eigenvalue weighted by atomic mass is 32.2. The molecule has 0 spiro atoms. The Morgan fingerprint density at radius 3 is 2.94 bits per heavy atom. The average molecular weight is 271 g/mol. The van der Waals surface area contributed by atoms with Crippen LogP contribution in [-0.4, -0.2) is 37.8 Å². The first-order valence-electron chi connectivity index (χ1n) is 6.17. The summed E-state index contributed by atoms with van der Waals surface area (Å²) in [4.78, 5) is 0. The minimum absolute atomic E-state index is 0.252. The summed E-state index contributed by atoms with van der Waals surface area (Å²) in [5, 5.41) is 5.52. The molecule has 1 saturated heterocycles. The molecule has 3 atom stereocenters. The summed E-state index contributed by atoms with van der Waals surface area (Å²) in [7, 11) is 1.95. The van der Waals surface area contributed by atoms with Gasteiger partial charge >= 0.3 is 0 Å². The summed E-state index contributed by atoms with van der Waals surface area (Å²) in [6.45, 7) is 2.27. The molecule has 0 saturated carbocycles. The van der Waals surface area contributed by atoms with Crippen LogP contribution < -0.4 is 5.73 Å². The lowest BCUT2D eigenvalue weighted by atomic mass is 10.0. The molecule has 2 N–H and O–H groups in total. The molecule has 1 aliphatic rings. The fraction of sp³-hybridized carbons (Fsp3) is 0.750. The van der Waals surface area contributed by atoms with Crippen molar-refractivity contribution in [1.82, 2.24) is 9.78 Å². The summed E-state index contributed by atoms with van der Waals surface area (Å²) in [5.74, 6) is 2.52. The Balaban J connectivity index is 1.95. The second-order valence-corrected chi connectivity index (χ2v) is 7.18. The Morgan fingerprint density at radius 1 is 1.53 bits per heavy atom. The van der Waals surface area contributed by atoms with Crippen LogP contribution in [0.5, 0.6) is 0 Å². The van der Waals surface area contributed by atoms with E-state index in [1.54, 1.807) is 0 Å². The van der Waals surface area contributed by atoms with Gasteiger partial charge in [-0.25, -0.2) is 0 Å². The zero-order chi connectivity index (χ0) is 12.3. The van der Waals surface area contributed by atoms with Gasteiger partial charge in [0.05, 0.1) is 6.20 Å². The predicted octanol–water partition coefficient (Wildman–Crippen LogP) is 1.92. The maximum Gasteiger partial charge on any atom is 0.0522 e. The van der Waals surface area contributed by atoms with Crippen LogP contribution in [0.15, 0.2) is 12.4 Å². The van der Waals surface area contributed by atoms with E-state index < -0.39 is 0 Å². The minimum Gasteiger partial charge on any atom is -0.326 e. The van der Waals surface area contributed by atoms with Gasteiger partial charge in [-0.2, -0.15) is 28.6 Å². The topological polar surface area (TPSA) is 43.8 Å². The molecule has 1 aromatic rings. The first kappa shape index (κ1) is 13.3. The van der Waals surface area contributed by atoms with Gasteiger partial charge in [-0.15, -0.1) is 0 Å². The van der Waals surface area contributed by atoms with Crippen molar-refractivity contribution >= 4 is 23.5 Å². The van der Waals surface area contributed by atoms with Gasteiger partial charge in [0.2, 0.25) is 0 Å². The SMILES string of the molecule is CCC1SCCSC1C(N)Cc1cnn(C)c1. The molecule has 0 aromatic carbocycles. The third kappa shape index (κ3) is 3.42. The smallest absolute Gasteiger partial charge is 0.0522 e. The highest BCUT2D eigenvalue weighted by molar-refractivity contribution is 8.07. The normalized spacial score (nSPS) is 27.0. The molecule has 0 amide bonds. The maximum absolute atomic E-state index is 6.38. The molecule has 2 heterocycles. The Kier molecular flexibility index (Phi) is 4.82. The first-order chi connectivity index (χ1) is 8.20. The maximum atomic E-state index is 6.38. The highest BCUT2D eigenvalue weighted by Gasteiger charge is 2.30. The largest absolute Gasteiger partial charge is 0.326 e. The molecular formula is C12H21N3S2. The third-order valence-corrected chi connectivity index (χ3v) is 6.57. The molecular weight excluding hydrogens is 250 g/mol. The minimum atomic E-state index is 0.252. The number of aromatic nitrogens is 2. The van der Waals surface area contributed by atoms with Gasteiger partial charge in [0, 0.05) is 41.3 Å². The fourth-order valence-corrected chi connectivity index (χ4v) is 5.49. The summed E-state index contributed by atoms with van der Waals surface area (Å²) in [6.07, 6.45) is 6.18. The van der Waals surface area contributed by atoms with E-state index in [0.29, 0.717) is 5.25 Å². The van der Waals surface area contributed by atoms with E-state index in [0.717, 1.165) is 11.7 Å². The molecule has 17 heavy (non-hydrogen) atoms. The van der Waals surface area contributed by atoms with Crippen LogP contribution in [0.2, 0.25) is 0 Å². The van der Waals surface area contributed by atoms with Gasteiger partial charge in [0.1, 0.15) is 0 Å². The Labute approximate surface area is 112 Å². The van der Waals surface area contributed by atoms with Crippen LogP contribution in [0.4, 0.5) is 0 Å². The zero-order valence-corrected chi connectivity index (χ0v) is 12.1. The van der Waals surface area contributed by atoms with Crippen molar-refractivity contribution in [3.05, 3.63) is 18.0 Å². The van der Waals surface area contributed by atoms with Gasteiger partial charge in [-0.1, -0.05) is 6.92 Å². The lowest BCUT2D eigenvalue weighted by Crippen LogP contribution is -2.43. The van der Waals surface area contributed by atoms with E-state index in [-0.39, 0.29) is 6.04 Å². The van der Waals surface area contributed by atoms with Crippen molar-refractivity contribution in [2.75, 3.05) is 11.5 Å². The van der Waals surface area contributed by atoms with Crippen LogP contribution in [0.1, 0.15) is 18.9 Å². The van der Waals surface area contributed by atoms with E-state index in [2.05, 4.69) is 41.7 Å². The summed E-state index contributed by atoms with van der Waals surface area (Å²) < 4.78 is 1.85. The Hall–Kier alpha value is -0.130. The molecule has 1 aromatic heterocycles. The van der Waals surface area contributed by atoms with Crippen LogP contribution in [0, 0.1) is 0 Å². The Bertz CT molecular complexity index is 353. The standard InChI is InChI=1S/C12H21N3S2/c1-3-11-12(17-5-4-16-11)10(13)6-9-7-14-15(2)8-9/h7-8,10-12H,3-6,13H2,1-2H3. The van der Waals surface area contributed by atoms with Gasteiger partial charge < -0.3 is 5.73 Å². The van der Waals surface area contributed by atoms with Gasteiger partial charge in [0.15, 0.2) is 0 Å². The second kappa shape index (κ2) is 6.16. The van der Waals surface area contributed by atoms with Gasteiger partial charge in [-0.05, 0) is 18.4 Å². The molecule has 1 fully saturated rings. The summed E-state index contributed by atoms with van der Waals surface area (Å²) >= 11 is 4.15. The van der Waals surface area contributed by atoms with Gasteiger partial charge in [0.25, 0.3) is 0 Å². The van der Waals surface area contributed by atoms with Crippen molar-refractivity contribution < 1.29 is 0 Å². The van der Waals surface area contributed by atoms with E-state index in [4.69, 9.17) is 5.73 Å². The average Bonchev–Trinajstić information content (AvgIpc) is 2.74. The van der Waals surface area contributed by atoms with Crippen molar-refractivity contribution in [2.24, 2.45) is 12.8 Å². The second-order valence-electron chi connectivity index (χ2n) is 4.54. The van der Waals surface area contributed by atoms with Crippen molar-refractivity contribution in [3.8, 4) is 0 Å². The van der Waals surface area contributed by atoms with Crippen LogP contribution >= 0.6 is 23.5 Å². The lowest BCUT2D eigenvalue weighted by molar-refractivity contribution is 0.597. The molecule has 1 aliphatic heterocycles. The summed E-state index contributed by atoms with van der Waals surface area (Å²) in [5.41, 5.74) is 7.64. The van der Waals surface area contributed by atoms with E-state index in [1.165, 1.54) is 23.5 Å². The van der Waals surface area contributed by atoms with E-state index in [9.17, 15) is 0 Å². The van der Waals surface area contributed by atoms with E-state index in [1.807, 2.05) is 17.9 Å². The van der Waals surface area contributed by atoms with Crippen LogP contribution in [0.3, 0.4) is 0 Å². The number of thioether (sulfide) groups is 2. The predicted molar refractivity (Wildman–Crippen MR) is 77.7 cm³/mol. The molecule has 0 aliphatic carbocycles. The van der Waals surface area contributed by atoms with Crippen LogP contribution in [-0.2, 0) is 13.5 Å².